The first-order valence-corrected chi connectivity index (χ1v) is 9.60. The van der Waals surface area contributed by atoms with Gasteiger partial charge in [0.25, 0.3) is 0 Å². The second kappa shape index (κ2) is 8.59. The Kier molecular flexibility index (Phi) is 5.74. The Hall–Kier alpha value is -2.96. The van der Waals surface area contributed by atoms with Crippen LogP contribution in [-0.4, -0.2) is 25.3 Å². The van der Waals surface area contributed by atoms with Crippen LogP contribution in [0, 0.1) is 0 Å². The van der Waals surface area contributed by atoms with Crippen molar-refractivity contribution in [1.29, 1.82) is 0 Å². The predicted octanol–water partition coefficient (Wildman–Crippen LogP) is 4.72. The first-order chi connectivity index (χ1) is 14.1. The molecule has 1 amide bonds. The Balaban J connectivity index is 1.35. The lowest BCUT2D eigenvalue weighted by Gasteiger charge is -2.18. The van der Waals surface area contributed by atoms with Crippen LogP contribution in [0.5, 0.6) is 11.5 Å². The molecule has 0 fully saturated rings. The highest BCUT2D eigenvalue weighted by atomic mass is 35.5. The second-order valence-corrected chi connectivity index (χ2v) is 7.12. The van der Waals surface area contributed by atoms with Crippen molar-refractivity contribution < 1.29 is 18.7 Å². The van der Waals surface area contributed by atoms with Crippen molar-refractivity contribution >= 4 is 35.3 Å². The highest BCUT2D eigenvalue weighted by Crippen LogP contribution is 2.32. The van der Waals surface area contributed by atoms with Crippen LogP contribution in [0.4, 0.5) is 0 Å². The van der Waals surface area contributed by atoms with Gasteiger partial charge in [0, 0.05) is 10.6 Å². The van der Waals surface area contributed by atoms with E-state index in [1.54, 1.807) is 42.5 Å². The minimum Gasteiger partial charge on any atom is -0.486 e. The van der Waals surface area contributed by atoms with Crippen molar-refractivity contribution in [3.05, 3.63) is 69.9 Å². The quantitative estimate of drug-likeness (QED) is 0.469. The molecule has 1 aliphatic heterocycles. The van der Waals surface area contributed by atoms with Crippen molar-refractivity contribution in [2.45, 2.75) is 6.42 Å². The molecule has 0 aliphatic carbocycles. The molecular weight excluding hydrogens is 415 g/mol. The Morgan fingerprint density at radius 1 is 1.03 bits per heavy atom. The summed E-state index contributed by atoms with van der Waals surface area (Å²) in [5, 5.41) is 4.98. The van der Waals surface area contributed by atoms with E-state index in [0.717, 1.165) is 11.1 Å². The van der Waals surface area contributed by atoms with Crippen LogP contribution in [0.2, 0.25) is 10.0 Å². The van der Waals surface area contributed by atoms with E-state index in [9.17, 15) is 4.79 Å². The summed E-state index contributed by atoms with van der Waals surface area (Å²) in [6, 6.07) is 14.1. The van der Waals surface area contributed by atoms with Gasteiger partial charge >= 0.3 is 0 Å². The second-order valence-electron chi connectivity index (χ2n) is 6.27. The summed E-state index contributed by atoms with van der Waals surface area (Å²) in [6.45, 7) is 1.03. The molecule has 1 aliphatic rings. The van der Waals surface area contributed by atoms with Gasteiger partial charge in [0.15, 0.2) is 11.5 Å². The van der Waals surface area contributed by atoms with Gasteiger partial charge in [-0.15, -0.1) is 0 Å². The Morgan fingerprint density at radius 3 is 2.69 bits per heavy atom. The average Bonchev–Trinajstić information content (AvgIpc) is 3.16. The lowest BCUT2D eigenvalue weighted by molar-refractivity contribution is -0.120. The van der Waals surface area contributed by atoms with Gasteiger partial charge in [-0.25, -0.2) is 5.43 Å². The number of carbonyl (C=O) groups excluding carboxylic acids is 1. The highest BCUT2D eigenvalue weighted by molar-refractivity contribution is 6.36. The number of hydrogen-bond donors (Lipinski definition) is 1. The average molecular weight is 431 g/mol. The number of furan rings is 1. The Morgan fingerprint density at radius 2 is 1.86 bits per heavy atom. The number of nitrogens with zero attached hydrogens (tertiary/aromatic N) is 1. The number of hydrazone groups is 1. The van der Waals surface area contributed by atoms with E-state index in [0.29, 0.717) is 46.3 Å². The third-order valence-corrected chi connectivity index (χ3v) is 4.72. The van der Waals surface area contributed by atoms with Crippen LogP contribution in [-0.2, 0) is 11.2 Å². The third-order valence-electron chi connectivity index (χ3n) is 4.18. The number of hydrogen-bond acceptors (Lipinski definition) is 5. The number of nitrogens with one attached hydrogen (secondary N) is 1. The fraction of sp³-hybridized carbons (Fsp3) is 0.143. The molecule has 0 bridgehead atoms. The van der Waals surface area contributed by atoms with Gasteiger partial charge in [-0.3, -0.25) is 4.79 Å². The molecule has 0 unspecified atom stereocenters. The zero-order chi connectivity index (χ0) is 20.2. The maximum absolute atomic E-state index is 12.1. The molecule has 2 heterocycles. The molecule has 29 heavy (non-hydrogen) atoms. The number of benzene rings is 2. The first-order valence-electron chi connectivity index (χ1n) is 8.84. The molecule has 0 radical (unpaired) electrons. The lowest BCUT2D eigenvalue weighted by atomic mass is 10.1. The minimum absolute atomic E-state index is 0.164. The number of ether oxygens (including phenoxy) is 2. The summed E-state index contributed by atoms with van der Waals surface area (Å²) in [4.78, 5) is 12.1. The Labute approximate surface area is 177 Å². The monoisotopic (exact) mass is 430 g/mol. The van der Waals surface area contributed by atoms with Crippen molar-refractivity contribution in [3.8, 4) is 22.8 Å². The number of amides is 1. The summed E-state index contributed by atoms with van der Waals surface area (Å²) in [5.41, 5.74) is 4.01. The molecule has 3 aromatic rings. The highest BCUT2D eigenvalue weighted by Gasteiger charge is 2.13. The molecule has 4 rings (SSSR count). The summed E-state index contributed by atoms with van der Waals surface area (Å²) >= 11 is 12.1. The van der Waals surface area contributed by atoms with Crippen LogP contribution < -0.4 is 14.9 Å². The SMILES string of the molecule is O=C(Cc1ccc2c(c1)OCCO2)N/N=C\c1ccc(-c2ccc(Cl)cc2Cl)o1. The number of halogens is 2. The molecule has 0 saturated carbocycles. The molecule has 1 N–H and O–H groups in total. The van der Waals surface area contributed by atoms with Gasteiger partial charge in [0.2, 0.25) is 5.91 Å². The molecule has 148 valence electrons. The van der Waals surface area contributed by atoms with Gasteiger partial charge in [0.1, 0.15) is 24.7 Å². The molecule has 6 nitrogen and oxygen atoms in total. The van der Waals surface area contributed by atoms with Crippen LogP contribution in [0.1, 0.15) is 11.3 Å². The fourth-order valence-corrected chi connectivity index (χ4v) is 3.35. The van der Waals surface area contributed by atoms with Crippen LogP contribution in [0.25, 0.3) is 11.3 Å². The van der Waals surface area contributed by atoms with Gasteiger partial charge in [-0.05, 0) is 48.0 Å². The topological polar surface area (TPSA) is 73.1 Å². The van der Waals surface area contributed by atoms with E-state index >= 15 is 0 Å². The van der Waals surface area contributed by atoms with Crippen molar-refractivity contribution in [1.82, 2.24) is 5.43 Å². The molecule has 0 saturated heterocycles. The zero-order valence-corrected chi connectivity index (χ0v) is 16.7. The molecule has 2 aromatic carbocycles. The predicted molar refractivity (Wildman–Crippen MR) is 111 cm³/mol. The largest absolute Gasteiger partial charge is 0.486 e. The molecule has 0 atom stereocenters. The van der Waals surface area contributed by atoms with Gasteiger partial charge in [0.05, 0.1) is 17.7 Å². The molecule has 1 aromatic heterocycles. The third kappa shape index (κ3) is 4.72. The van der Waals surface area contributed by atoms with E-state index in [1.165, 1.54) is 6.21 Å². The molecule has 0 spiro atoms. The summed E-state index contributed by atoms with van der Waals surface area (Å²) in [6.07, 6.45) is 1.59. The summed E-state index contributed by atoms with van der Waals surface area (Å²) < 4.78 is 16.7. The van der Waals surface area contributed by atoms with Crippen molar-refractivity contribution in [2.75, 3.05) is 13.2 Å². The minimum atomic E-state index is -0.259. The Bertz CT molecular complexity index is 1080. The number of carbonyl (C=O) groups is 1. The van der Waals surface area contributed by atoms with E-state index in [-0.39, 0.29) is 12.3 Å². The summed E-state index contributed by atoms with van der Waals surface area (Å²) in [5.74, 6) is 2.13. The standard InChI is InChI=1S/C21H16Cl2N2O4/c22-14-2-4-16(17(23)11-14)18-6-3-15(29-18)12-24-25-21(26)10-13-1-5-19-20(9-13)28-8-7-27-19/h1-6,9,11-12H,7-8,10H2,(H,25,26)/b24-12-. The van der Waals surface area contributed by atoms with E-state index in [1.807, 2.05) is 6.07 Å². The van der Waals surface area contributed by atoms with E-state index in [4.69, 9.17) is 37.1 Å². The number of rotatable bonds is 5. The van der Waals surface area contributed by atoms with Gasteiger partial charge < -0.3 is 13.9 Å². The smallest absolute Gasteiger partial charge is 0.244 e. The lowest BCUT2D eigenvalue weighted by Crippen LogP contribution is -2.20. The van der Waals surface area contributed by atoms with Gasteiger partial charge in [-0.2, -0.15) is 5.10 Å². The fourth-order valence-electron chi connectivity index (χ4n) is 2.85. The van der Waals surface area contributed by atoms with E-state index in [2.05, 4.69) is 10.5 Å². The summed E-state index contributed by atoms with van der Waals surface area (Å²) in [7, 11) is 0. The van der Waals surface area contributed by atoms with Crippen molar-refractivity contribution in [2.24, 2.45) is 5.10 Å². The maximum atomic E-state index is 12.1. The first kappa shape index (κ1) is 19.4. The maximum Gasteiger partial charge on any atom is 0.244 e. The normalized spacial score (nSPS) is 12.9. The van der Waals surface area contributed by atoms with Crippen LogP contribution in [0.3, 0.4) is 0 Å². The molecular formula is C21H16Cl2N2O4. The van der Waals surface area contributed by atoms with Crippen LogP contribution in [0.15, 0.2) is 58.0 Å². The van der Waals surface area contributed by atoms with Crippen molar-refractivity contribution in [3.63, 3.8) is 0 Å². The molecule has 8 heteroatoms. The van der Waals surface area contributed by atoms with Crippen LogP contribution >= 0.6 is 23.2 Å². The van der Waals surface area contributed by atoms with Gasteiger partial charge in [-0.1, -0.05) is 29.3 Å². The van der Waals surface area contributed by atoms with E-state index < -0.39 is 0 Å². The number of fused-ring (bicyclic) bond motifs is 1. The zero-order valence-electron chi connectivity index (χ0n) is 15.2.